The van der Waals surface area contributed by atoms with Crippen LogP contribution in [0.25, 0.3) is 10.8 Å². The number of likely N-dealkylation sites (tertiary alicyclic amines) is 1. The summed E-state index contributed by atoms with van der Waals surface area (Å²) in [4.78, 5) is 6.22. The average molecular weight is 339 g/mol. The van der Waals surface area contributed by atoms with E-state index >= 15 is 0 Å². The standard InChI is InChI=1S/C20H19F2N3/c1-13-2-3-16(20(22)19(13)21)10-25-11-18(12-25)24-17-5-4-15-9-23-7-6-14(15)8-17/h2-9,18,24H,10-12H2,1H3. The maximum absolute atomic E-state index is 14.0. The molecule has 128 valence electrons. The van der Waals surface area contributed by atoms with Crippen molar-refractivity contribution in [1.82, 2.24) is 9.88 Å². The first-order chi connectivity index (χ1) is 12.1. The van der Waals surface area contributed by atoms with Crippen molar-refractivity contribution in [2.24, 2.45) is 0 Å². The maximum Gasteiger partial charge on any atom is 0.163 e. The molecular formula is C20H19F2N3. The van der Waals surface area contributed by atoms with Crippen LogP contribution in [0, 0.1) is 18.6 Å². The zero-order valence-electron chi connectivity index (χ0n) is 14.0. The van der Waals surface area contributed by atoms with Crippen LogP contribution in [-0.2, 0) is 6.54 Å². The van der Waals surface area contributed by atoms with Gasteiger partial charge in [-0.1, -0.05) is 18.2 Å². The van der Waals surface area contributed by atoms with Crippen LogP contribution in [0.4, 0.5) is 14.5 Å². The van der Waals surface area contributed by atoms with Gasteiger partial charge < -0.3 is 5.32 Å². The molecule has 1 aliphatic heterocycles. The third-order valence-electron chi connectivity index (χ3n) is 4.72. The molecule has 25 heavy (non-hydrogen) atoms. The van der Waals surface area contributed by atoms with Gasteiger partial charge in [-0.2, -0.15) is 0 Å². The summed E-state index contributed by atoms with van der Waals surface area (Å²) in [5.41, 5.74) is 1.83. The molecule has 4 rings (SSSR count). The minimum Gasteiger partial charge on any atom is -0.380 e. The number of aromatic nitrogens is 1. The molecule has 2 heterocycles. The second kappa shape index (κ2) is 6.41. The summed E-state index contributed by atoms with van der Waals surface area (Å²) in [5.74, 6) is -1.46. The van der Waals surface area contributed by atoms with Gasteiger partial charge in [-0.05, 0) is 36.1 Å². The molecule has 1 aromatic heterocycles. The largest absolute Gasteiger partial charge is 0.380 e. The molecular weight excluding hydrogens is 320 g/mol. The van der Waals surface area contributed by atoms with Crippen molar-refractivity contribution >= 4 is 16.5 Å². The first kappa shape index (κ1) is 16.0. The monoisotopic (exact) mass is 339 g/mol. The van der Waals surface area contributed by atoms with Gasteiger partial charge in [0.25, 0.3) is 0 Å². The lowest BCUT2D eigenvalue weighted by atomic mass is 10.0. The van der Waals surface area contributed by atoms with Crippen molar-refractivity contribution in [2.45, 2.75) is 19.5 Å². The lowest BCUT2D eigenvalue weighted by Crippen LogP contribution is -2.54. The Kier molecular flexibility index (Phi) is 4.09. The van der Waals surface area contributed by atoms with E-state index in [2.05, 4.69) is 21.3 Å². The summed E-state index contributed by atoms with van der Waals surface area (Å²) >= 11 is 0. The molecule has 0 atom stereocenters. The first-order valence-electron chi connectivity index (χ1n) is 8.36. The van der Waals surface area contributed by atoms with Crippen LogP contribution in [-0.4, -0.2) is 29.0 Å². The Morgan fingerprint density at radius 2 is 1.92 bits per heavy atom. The summed E-state index contributed by atoms with van der Waals surface area (Å²) < 4.78 is 27.6. The number of hydrogen-bond acceptors (Lipinski definition) is 3. The third-order valence-corrected chi connectivity index (χ3v) is 4.72. The lowest BCUT2D eigenvalue weighted by Gasteiger charge is -2.40. The van der Waals surface area contributed by atoms with Crippen molar-refractivity contribution in [3.8, 4) is 0 Å². The lowest BCUT2D eigenvalue weighted by molar-refractivity contribution is 0.151. The fourth-order valence-corrected chi connectivity index (χ4v) is 3.25. The fourth-order valence-electron chi connectivity index (χ4n) is 3.25. The quantitative estimate of drug-likeness (QED) is 0.775. The van der Waals surface area contributed by atoms with Gasteiger partial charge in [0.2, 0.25) is 0 Å². The average Bonchev–Trinajstić information content (AvgIpc) is 2.59. The summed E-state index contributed by atoms with van der Waals surface area (Å²) in [6, 6.07) is 11.8. The molecule has 1 N–H and O–H groups in total. The molecule has 5 heteroatoms. The predicted molar refractivity (Wildman–Crippen MR) is 95.5 cm³/mol. The highest BCUT2D eigenvalue weighted by molar-refractivity contribution is 5.84. The Hall–Kier alpha value is -2.53. The summed E-state index contributed by atoms with van der Waals surface area (Å²) in [6.07, 6.45) is 3.63. The molecule has 1 fully saturated rings. The molecule has 1 saturated heterocycles. The fraction of sp³-hybridized carbons (Fsp3) is 0.250. The highest BCUT2D eigenvalue weighted by Crippen LogP contribution is 2.23. The normalized spacial score (nSPS) is 15.3. The van der Waals surface area contributed by atoms with Crippen LogP contribution < -0.4 is 5.32 Å². The van der Waals surface area contributed by atoms with Gasteiger partial charge in [-0.15, -0.1) is 0 Å². The molecule has 0 saturated carbocycles. The van der Waals surface area contributed by atoms with Crippen molar-refractivity contribution in [1.29, 1.82) is 0 Å². The Labute approximate surface area is 145 Å². The number of benzene rings is 2. The van der Waals surface area contributed by atoms with Crippen LogP contribution in [0.2, 0.25) is 0 Å². The molecule has 3 nitrogen and oxygen atoms in total. The van der Waals surface area contributed by atoms with E-state index in [1.165, 1.54) is 0 Å². The van der Waals surface area contributed by atoms with Crippen LogP contribution in [0.1, 0.15) is 11.1 Å². The Bertz CT molecular complexity index is 920. The maximum atomic E-state index is 14.0. The van der Waals surface area contributed by atoms with Crippen molar-refractivity contribution < 1.29 is 8.78 Å². The molecule has 0 amide bonds. The molecule has 0 spiro atoms. The van der Waals surface area contributed by atoms with E-state index in [-0.39, 0.29) is 0 Å². The van der Waals surface area contributed by atoms with Gasteiger partial charge in [0.1, 0.15) is 0 Å². The Morgan fingerprint density at radius 3 is 2.76 bits per heavy atom. The molecule has 0 radical (unpaired) electrons. The van der Waals surface area contributed by atoms with Crippen LogP contribution in [0.3, 0.4) is 0 Å². The SMILES string of the molecule is Cc1ccc(CN2CC(Nc3ccc4cnccc4c3)C2)c(F)c1F. The predicted octanol–water partition coefficient (Wildman–Crippen LogP) is 4.12. The van der Waals surface area contributed by atoms with E-state index in [4.69, 9.17) is 0 Å². The van der Waals surface area contributed by atoms with Gasteiger partial charge in [0.15, 0.2) is 11.6 Å². The van der Waals surface area contributed by atoms with Gasteiger partial charge in [0, 0.05) is 48.7 Å². The van der Waals surface area contributed by atoms with E-state index < -0.39 is 11.6 Å². The van der Waals surface area contributed by atoms with Crippen LogP contribution in [0.5, 0.6) is 0 Å². The molecule has 0 bridgehead atoms. The van der Waals surface area contributed by atoms with E-state index in [0.29, 0.717) is 23.7 Å². The van der Waals surface area contributed by atoms with Crippen LogP contribution >= 0.6 is 0 Å². The number of rotatable bonds is 4. The molecule has 1 aliphatic rings. The number of halogens is 2. The topological polar surface area (TPSA) is 28.2 Å². The second-order valence-electron chi connectivity index (χ2n) is 6.64. The van der Waals surface area contributed by atoms with Crippen molar-refractivity contribution in [3.05, 3.63) is 71.6 Å². The van der Waals surface area contributed by atoms with Crippen LogP contribution in [0.15, 0.2) is 48.8 Å². The number of aryl methyl sites for hydroxylation is 1. The zero-order valence-corrected chi connectivity index (χ0v) is 14.0. The Balaban J connectivity index is 1.36. The van der Waals surface area contributed by atoms with E-state index in [0.717, 1.165) is 29.5 Å². The van der Waals surface area contributed by atoms with Gasteiger partial charge >= 0.3 is 0 Å². The number of anilines is 1. The number of nitrogens with zero attached hydrogens (tertiary/aromatic N) is 2. The molecule has 2 aromatic carbocycles. The smallest absolute Gasteiger partial charge is 0.163 e. The van der Waals surface area contributed by atoms with E-state index in [1.54, 1.807) is 25.3 Å². The summed E-state index contributed by atoms with van der Waals surface area (Å²) in [7, 11) is 0. The minimum atomic E-state index is -0.738. The number of pyridine rings is 1. The minimum absolute atomic E-state index is 0.317. The van der Waals surface area contributed by atoms with Gasteiger partial charge in [-0.3, -0.25) is 9.88 Å². The molecule has 3 aromatic rings. The molecule has 0 aliphatic carbocycles. The number of hydrogen-bond donors (Lipinski definition) is 1. The molecule has 0 unspecified atom stereocenters. The van der Waals surface area contributed by atoms with Crippen molar-refractivity contribution in [2.75, 3.05) is 18.4 Å². The highest BCUT2D eigenvalue weighted by Gasteiger charge is 2.27. The number of nitrogens with one attached hydrogen (secondary N) is 1. The van der Waals surface area contributed by atoms with Gasteiger partial charge in [0.05, 0.1) is 6.04 Å². The Morgan fingerprint density at radius 1 is 1.08 bits per heavy atom. The van der Waals surface area contributed by atoms with E-state index in [1.807, 2.05) is 24.4 Å². The van der Waals surface area contributed by atoms with E-state index in [9.17, 15) is 8.78 Å². The highest BCUT2D eigenvalue weighted by atomic mass is 19.2. The van der Waals surface area contributed by atoms with Gasteiger partial charge in [-0.25, -0.2) is 8.78 Å². The zero-order chi connectivity index (χ0) is 17.4. The first-order valence-corrected chi connectivity index (χ1v) is 8.36. The summed E-state index contributed by atoms with van der Waals surface area (Å²) in [5, 5.41) is 5.75. The van der Waals surface area contributed by atoms with Crippen molar-refractivity contribution in [3.63, 3.8) is 0 Å². The number of fused-ring (bicyclic) bond motifs is 1. The summed E-state index contributed by atoms with van der Waals surface area (Å²) in [6.45, 7) is 3.63. The second-order valence-corrected chi connectivity index (χ2v) is 6.64. The third kappa shape index (κ3) is 3.20.